The molecule has 3 atom stereocenters. The Labute approximate surface area is 103 Å². The lowest BCUT2D eigenvalue weighted by Crippen LogP contribution is -2.54. The molecule has 6 nitrogen and oxygen atoms in total. The fraction of sp³-hybridized carbons (Fsp3) is 0.800. The van der Waals surface area contributed by atoms with Crippen LogP contribution in [0, 0.1) is 5.41 Å². The molecule has 0 spiro atoms. The molecule has 2 heterocycles. The molecular formula is C10H16N2O4S. The van der Waals surface area contributed by atoms with Gasteiger partial charge in [-0.2, -0.15) is 0 Å². The van der Waals surface area contributed by atoms with Gasteiger partial charge in [0.1, 0.15) is 6.04 Å². The van der Waals surface area contributed by atoms with Crippen LogP contribution in [0.5, 0.6) is 0 Å². The summed E-state index contributed by atoms with van der Waals surface area (Å²) in [4.78, 5) is 24.8. The van der Waals surface area contributed by atoms with Crippen LogP contribution in [0.15, 0.2) is 0 Å². The molecule has 96 valence electrons. The zero-order valence-electron chi connectivity index (χ0n) is 9.59. The van der Waals surface area contributed by atoms with Crippen molar-refractivity contribution in [3.63, 3.8) is 0 Å². The zero-order chi connectivity index (χ0) is 12.6. The van der Waals surface area contributed by atoms with E-state index in [-0.39, 0.29) is 18.6 Å². The SMILES string of the molecule is CC1(C(=O)N2CSC[C@@H]2C(=O)O)COCC1N. The number of carbonyl (C=O) groups is 2. The van der Waals surface area contributed by atoms with Crippen LogP contribution in [0.4, 0.5) is 0 Å². The Bertz CT molecular complexity index is 351. The fourth-order valence-corrected chi connectivity index (χ4v) is 3.23. The van der Waals surface area contributed by atoms with E-state index >= 15 is 0 Å². The molecule has 0 saturated carbocycles. The third-order valence-electron chi connectivity index (χ3n) is 3.43. The van der Waals surface area contributed by atoms with E-state index in [0.717, 1.165) is 0 Å². The van der Waals surface area contributed by atoms with Gasteiger partial charge in [0.2, 0.25) is 5.91 Å². The van der Waals surface area contributed by atoms with Gasteiger partial charge in [-0.05, 0) is 6.92 Å². The van der Waals surface area contributed by atoms with E-state index in [0.29, 0.717) is 18.2 Å². The third-order valence-corrected chi connectivity index (χ3v) is 4.45. The van der Waals surface area contributed by atoms with Crippen LogP contribution in [0.3, 0.4) is 0 Å². The molecule has 2 rings (SSSR count). The third kappa shape index (κ3) is 2.02. The van der Waals surface area contributed by atoms with Gasteiger partial charge in [0.05, 0.1) is 24.5 Å². The van der Waals surface area contributed by atoms with Crippen molar-refractivity contribution in [3.8, 4) is 0 Å². The number of aliphatic carboxylic acids is 1. The van der Waals surface area contributed by atoms with Crippen LogP contribution >= 0.6 is 11.8 Å². The molecule has 0 aliphatic carbocycles. The van der Waals surface area contributed by atoms with Crippen molar-refractivity contribution in [2.24, 2.45) is 11.1 Å². The van der Waals surface area contributed by atoms with Gasteiger partial charge in [-0.15, -0.1) is 11.8 Å². The Morgan fingerprint density at radius 2 is 2.29 bits per heavy atom. The summed E-state index contributed by atoms with van der Waals surface area (Å²) in [7, 11) is 0. The maximum Gasteiger partial charge on any atom is 0.327 e. The number of rotatable bonds is 2. The molecule has 0 aromatic heterocycles. The number of carboxylic acid groups (broad SMARTS) is 1. The summed E-state index contributed by atoms with van der Waals surface area (Å²) in [6.45, 7) is 2.36. The number of ether oxygens (including phenoxy) is 1. The summed E-state index contributed by atoms with van der Waals surface area (Å²) in [6, 6.07) is -1.10. The van der Waals surface area contributed by atoms with Gasteiger partial charge < -0.3 is 20.5 Å². The van der Waals surface area contributed by atoms with Gasteiger partial charge in [0, 0.05) is 11.8 Å². The zero-order valence-corrected chi connectivity index (χ0v) is 10.4. The van der Waals surface area contributed by atoms with Gasteiger partial charge in [-0.1, -0.05) is 0 Å². The van der Waals surface area contributed by atoms with Crippen molar-refractivity contribution in [1.82, 2.24) is 4.90 Å². The Kier molecular flexibility index (Phi) is 3.33. The lowest BCUT2D eigenvalue weighted by Gasteiger charge is -2.32. The summed E-state index contributed by atoms with van der Waals surface area (Å²) in [5.41, 5.74) is 5.08. The predicted molar refractivity (Wildman–Crippen MR) is 62.5 cm³/mol. The van der Waals surface area contributed by atoms with Crippen molar-refractivity contribution in [2.75, 3.05) is 24.8 Å². The Hall–Kier alpha value is -0.790. The molecule has 2 unspecified atom stereocenters. The lowest BCUT2D eigenvalue weighted by molar-refractivity contribution is -0.152. The topological polar surface area (TPSA) is 92.9 Å². The highest BCUT2D eigenvalue weighted by atomic mass is 32.2. The van der Waals surface area contributed by atoms with Gasteiger partial charge in [0.25, 0.3) is 0 Å². The summed E-state index contributed by atoms with van der Waals surface area (Å²) in [5.74, 6) is -0.315. The Morgan fingerprint density at radius 1 is 1.59 bits per heavy atom. The Morgan fingerprint density at radius 3 is 2.82 bits per heavy atom. The maximum atomic E-state index is 12.4. The molecule has 2 fully saturated rings. The normalized spacial score (nSPS) is 37.4. The molecular weight excluding hydrogens is 244 g/mol. The molecule has 0 radical (unpaired) electrons. The van der Waals surface area contributed by atoms with E-state index in [2.05, 4.69) is 0 Å². The molecule has 0 aromatic carbocycles. The van der Waals surface area contributed by atoms with Gasteiger partial charge in [0.15, 0.2) is 0 Å². The molecule has 0 aromatic rings. The van der Waals surface area contributed by atoms with Crippen molar-refractivity contribution >= 4 is 23.6 Å². The number of carboxylic acids is 1. The maximum absolute atomic E-state index is 12.4. The first-order valence-corrected chi connectivity index (χ1v) is 6.57. The molecule has 2 saturated heterocycles. The molecule has 7 heteroatoms. The monoisotopic (exact) mass is 260 g/mol. The second-order valence-corrected chi connectivity index (χ2v) is 5.67. The fourth-order valence-electron chi connectivity index (χ4n) is 2.08. The van der Waals surface area contributed by atoms with Gasteiger partial charge in [-0.25, -0.2) is 4.79 Å². The van der Waals surface area contributed by atoms with Crippen molar-refractivity contribution in [1.29, 1.82) is 0 Å². The van der Waals surface area contributed by atoms with Gasteiger partial charge in [-0.3, -0.25) is 4.79 Å². The Balaban J connectivity index is 2.17. The number of amides is 1. The second-order valence-electron chi connectivity index (χ2n) is 4.67. The van der Waals surface area contributed by atoms with E-state index in [4.69, 9.17) is 15.6 Å². The van der Waals surface area contributed by atoms with Gasteiger partial charge >= 0.3 is 5.97 Å². The minimum Gasteiger partial charge on any atom is -0.480 e. The lowest BCUT2D eigenvalue weighted by atomic mass is 9.84. The van der Waals surface area contributed by atoms with Crippen LogP contribution in [0.1, 0.15) is 6.92 Å². The van der Waals surface area contributed by atoms with Crippen LogP contribution in [-0.4, -0.2) is 58.8 Å². The van der Waals surface area contributed by atoms with Crippen molar-refractivity contribution < 1.29 is 19.4 Å². The molecule has 0 bridgehead atoms. The number of nitrogens with zero attached hydrogens (tertiary/aromatic N) is 1. The minimum absolute atomic E-state index is 0.208. The molecule has 17 heavy (non-hydrogen) atoms. The highest BCUT2D eigenvalue weighted by Gasteiger charge is 2.49. The van der Waals surface area contributed by atoms with Crippen molar-refractivity contribution in [3.05, 3.63) is 0 Å². The largest absolute Gasteiger partial charge is 0.480 e. The van der Waals surface area contributed by atoms with Crippen molar-refractivity contribution in [2.45, 2.75) is 19.0 Å². The van der Waals surface area contributed by atoms with Crippen LogP contribution in [0.2, 0.25) is 0 Å². The van der Waals surface area contributed by atoms with E-state index in [9.17, 15) is 9.59 Å². The molecule has 3 N–H and O–H groups in total. The van der Waals surface area contributed by atoms with E-state index in [1.807, 2.05) is 0 Å². The minimum atomic E-state index is -0.959. The van der Waals surface area contributed by atoms with Crippen LogP contribution < -0.4 is 5.73 Å². The van der Waals surface area contributed by atoms with E-state index < -0.39 is 17.4 Å². The van der Waals surface area contributed by atoms with E-state index in [1.165, 1.54) is 16.7 Å². The smallest absolute Gasteiger partial charge is 0.327 e. The predicted octanol–water partition coefficient (Wildman–Crippen LogP) is -0.664. The number of thioether (sulfide) groups is 1. The number of nitrogens with two attached hydrogens (primary N) is 1. The van der Waals surface area contributed by atoms with E-state index in [1.54, 1.807) is 6.92 Å². The van der Waals surface area contributed by atoms with Crippen LogP contribution in [0.25, 0.3) is 0 Å². The molecule has 1 amide bonds. The summed E-state index contributed by atoms with van der Waals surface area (Å²) >= 11 is 1.45. The first-order valence-electron chi connectivity index (χ1n) is 5.42. The average Bonchev–Trinajstić information content (AvgIpc) is 2.86. The first-order chi connectivity index (χ1) is 7.97. The highest BCUT2D eigenvalue weighted by molar-refractivity contribution is 7.99. The quantitative estimate of drug-likeness (QED) is 0.684. The summed E-state index contributed by atoms with van der Waals surface area (Å²) in [6.07, 6.45) is 0. The molecule has 2 aliphatic rings. The average molecular weight is 260 g/mol. The summed E-state index contributed by atoms with van der Waals surface area (Å²) < 4.78 is 5.22. The molecule has 2 aliphatic heterocycles. The summed E-state index contributed by atoms with van der Waals surface area (Å²) in [5, 5.41) is 9.06. The number of hydrogen-bond donors (Lipinski definition) is 2. The number of hydrogen-bond acceptors (Lipinski definition) is 5. The standard InChI is InChI=1S/C10H16N2O4S/c1-10(4-16-2-7(10)11)9(15)12-5-17-3-6(12)8(13)14/h6-7H,2-5,11H2,1H3,(H,13,14)/t6-,7?,10?/m1/s1. The number of carbonyl (C=O) groups excluding carboxylic acids is 1. The highest BCUT2D eigenvalue weighted by Crippen LogP contribution is 2.33. The van der Waals surface area contributed by atoms with Crippen LogP contribution in [-0.2, 0) is 14.3 Å². The second kappa shape index (κ2) is 4.47. The first kappa shape index (κ1) is 12.7.